The number of hydrogen-bond acceptors (Lipinski definition) is 3. The molecule has 0 aromatic rings. The Morgan fingerprint density at radius 2 is 2.09 bits per heavy atom. The van der Waals surface area contributed by atoms with Crippen LogP contribution in [0.15, 0.2) is 12.2 Å². The number of carbonyl (C=O) groups excluding carboxylic acids is 1. The predicted molar refractivity (Wildman–Crippen MR) is 37.6 cm³/mol. The summed E-state index contributed by atoms with van der Waals surface area (Å²) in [4.78, 5) is 26.8. The Morgan fingerprint density at radius 1 is 1.64 bits per heavy atom. The molecular formula is C5H9O5P. The third kappa shape index (κ3) is 7.25. The standard InChI is InChI=1S/C5H9O5P/c1-4(2)3-5(6)10-11(7,8)9/h1,3H2,2H3,(H2,7,8,9). The predicted octanol–water partition coefficient (Wildman–Crippen LogP) is 0.589. The van der Waals surface area contributed by atoms with Crippen molar-refractivity contribution < 1.29 is 23.7 Å². The lowest BCUT2D eigenvalue weighted by Crippen LogP contribution is -2.01. The normalized spacial score (nSPS) is 10.8. The smallest absolute Gasteiger partial charge is 0.370 e. The third-order valence-electron chi connectivity index (χ3n) is 0.667. The molecule has 0 radical (unpaired) electrons. The summed E-state index contributed by atoms with van der Waals surface area (Å²) < 4.78 is 13.8. The zero-order valence-corrected chi connectivity index (χ0v) is 6.88. The van der Waals surface area contributed by atoms with Crippen molar-refractivity contribution in [3.05, 3.63) is 12.2 Å². The van der Waals surface area contributed by atoms with Crippen LogP contribution in [-0.2, 0) is 13.9 Å². The first-order valence-corrected chi connectivity index (χ1v) is 4.26. The maximum atomic E-state index is 10.5. The van der Waals surface area contributed by atoms with Crippen LogP contribution in [0.5, 0.6) is 0 Å². The minimum atomic E-state index is -4.67. The molecule has 6 heteroatoms. The lowest BCUT2D eigenvalue weighted by atomic mass is 10.2. The fraction of sp³-hybridized carbons (Fsp3) is 0.400. The lowest BCUT2D eigenvalue weighted by Gasteiger charge is -2.03. The van der Waals surface area contributed by atoms with Crippen LogP contribution in [0.4, 0.5) is 0 Å². The van der Waals surface area contributed by atoms with Gasteiger partial charge in [0.1, 0.15) is 0 Å². The second kappa shape index (κ2) is 3.67. The summed E-state index contributed by atoms with van der Waals surface area (Å²) >= 11 is 0. The molecule has 0 aliphatic carbocycles. The zero-order valence-electron chi connectivity index (χ0n) is 5.98. The van der Waals surface area contributed by atoms with Crippen molar-refractivity contribution in [3.8, 4) is 0 Å². The van der Waals surface area contributed by atoms with Crippen molar-refractivity contribution in [1.29, 1.82) is 0 Å². The van der Waals surface area contributed by atoms with E-state index in [4.69, 9.17) is 9.79 Å². The van der Waals surface area contributed by atoms with Crippen LogP contribution in [0.2, 0.25) is 0 Å². The summed E-state index contributed by atoms with van der Waals surface area (Å²) in [6.07, 6.45) is -0.175. The van der Waals surface area contributed by atoms with E-state index in [1.165, 1.54) is 0 Å². The second-order valence-corrected chi connectivity index (χ2v) is 3.25. The molecule has 0 aromatic carbocycles. The molecule has 0 bridgehead atoms. The summed E-state index contributed by atoms with van der Waals surface area (Å²) in [6, 6.07) is 0. The Bertz CT molecular complexity index is 215. The van der Waals surface area contributed by atoms with E-state index >= 15 is 0 Å². The van der Waals surface area contributed by atoms with Gasteiger partial charge in [-0.3, -0.25) is 14.6 Å². The molecule has 2 N–H and O–H groups in total. The Balaban J connectivity index is 3.90. The molecule has 11 heavy (non-hydrogen) atoms. The molecule has 0 saturated heterocycles. The monoisotopic (exact) mass is 180 g/mol. The SMILES string of the molecule is C=C(C)CC(=O)OP(=O)(O)O. The van der Waals surface area contributed by atoms with E-state index in [0.29, 0.717) is 5.57 Å². The van der Waals surface area contributed by atoms with Gasteiger partial charge in [-0.15, -0.1) is 0 Å². The molecule has 0 aliphatic rings. The van der Waals surface area contributed by atoms with Crippen molar-refractivity contribution in [1.82, 2.24) is 0 Å². The minimum Gasteiger partial charge on any atom is -0.370 e. The molecule has 5 nitrogen and oxygen atoms in total. The summed E-state index contributed by atoms with van der Waals surface area (Å²) in [7, 11) is -4.67. The Kier molecular flexibility index (Phi) is 3.45. The van der Waals surface area contributed by atoms with Crippen LogP contribution >= 0.6 is 7.82 Å². The van der Waals surface area contributed by atoms with Gasteiger partial charge in [0.2, 0.25) is 0 Å². The molecule has 0 amide bonds. The maximum absolute atomic E-state index is 10.5. The molecule has 0 spiro atoms. The quantitative estimate of drug-likeness (QED) is 0.490. The van der Waals surface area contributed by atoms with Crippen LogP contribution in [0.3, 0.4) is 0 Å². The van der Waals surface area contributed by atoms with Crippen molar-refractivity contribution in [2.24, 2.45) is 0 Å². The molecule has 0 atom stereocenters. The Labute approximate surface area is 63.9 Å². The molecule has 0 saturated carbocycles. The van der Waals surface area contributed by atoms with E-state index < -0.39 is 13.8 Å². The number of phosphoric acid groups is 1. The molecule has 0 rings (SSSR count). The van der Waals surface area contributed by atoms with Crippen LogP contribution in [0, 0.1) is 0 Å². The fourth-order valence-corrected chi connectivity index (χ4v) is 0.741. The lowest BCUT2D eigenvalue weighted by molar-refractivity contribution is -0.134. The molecule has 0 heterocycles. The highest BCUT2D eigenvalue weighted by atomic mass is 31.2. The van der Waals surface area contributed by atoms with Gasteiger partial charge >= 0.3 is 13.8 Å². The van der Waals surface area contributed by atoms with E-state index in [0.717, 1.165) is 0 Å². The van der Waals surface area contributed by atoms with Gasteiger partial charge in [0, 0.05) is 0 Å². The fourth-order valence-electron chi connectivity index (χ4n) is 0.411. The highest BCUT2D eigenvalue weighted by molar-refractivity contribution is 7.46. The highest BCUT2D eigenvalue weighted by Gasteiger charge is 2.19. The first-order valence-electron chi connectivity index (χ1n) is 2.73. The summed E-state index contributed by atoms with van der Waals surface area (Å²) in [6.45, 7) is 4.93. The summed E-state index contributed by atoms with van der Waals surface area (Å²) in [5.41, 5.74) is 0.489. The van der Waals surface area contributed by atoms with Gasteiger partial charge in [-0.1, -0.05) is 12.2 Å². The van der Waals surface area contributed by atoms with Crippen molar-refractivity contribution in [2.75, 3.05) is 0 Å². The average molecular weight is 180 g/mol. The number of hydrogen-bond donors (Lipinski definition) is 2. The van der Waals surface area contributed by atoms with E-state index in [1.54, 1.807) is 6.92 Å². The van der Waals surface area contributed by atoms with Gasteiger partial charge < -0.3 is 4.52 Å². The van der Waals surface area contributed by atoms with Crippen LogP contribution in [-0.4, -0.2) is 15.8 Å². The van der Waals surface area contributed by atoms with Gasteiger partial charge in [0.25, 0.3) is 0 Å². The maximum Gasteiger partial charge on any atom is 0.526 e. The third-order valence-corrected chi connectivity index (χ3v) is 1.11. The minimum absolute atomic E-state index is 0.175. The molecule has 0 aromatic heterocycles. The van der Waals surface area contributed by atoms with Gasteiger partial charge in [0.05, 0.1) is 6.42 Å². The number of rotatable bonds is 3. The van der Waals surface area contributed by atoms with Gasteiger partial charge in [-0.05, 0) is 6.92 Å². The van der Waals surface area contributed by atoms with Gasteiger partial charge in [-0.2, -0.15) is 0 Å². The molecule has 0 unspecified atom stereocenters. The highest BCUT2D eigenvalue weighted by Crippen LogP contribution is 2.36. The van der Waals surface area contributed by atoms with Crippen molar-refractivity contribution in [3.63, 3.8) is 0 Å². The van der Waals surface area contributed by atoms with Gasteiger partial charge in [-0.25, -0.2) is 4.57 Å². The first kappa shape index (κ1) is 10.4. The van der Waals surface area contributed by atoms with E-state index in [9.17, 15) is 9.36 Å². The summed E-state index contributed by atoms with van der Waals surface area (Å²) in [5.74, 6) is -0.967. The number of carbonyl (C=O) groups is 1. The largest absolute Gasteiger partial charge is 0.526 e. The molecule has 64 valence electrons. The van der Waals surface area contributed by atoms with Crippen LogP contribution in [0.25, 0.3) is 0 Å². The molecule has 0 aliphatic heterocycles. The Hall–Kier alpha value is -0.640. The second-order valence-electron chi connectivity index (χ2n) is 2.09. The van der Waals surface area contributed by atoms with Gasteiger partial charge in [0.15, 0.2) is 0 Å². The van der Waals surface area contributed by atoms with Crippen molar-refractivity contribution >= 4 is 13.8 Å². The number of phosphoric ester groups is 1. The van der Waals surface area contributed by atoms with E-state index in [-0.39, 0.29) is 6.42 Å². The van der Waals surface area contributed by atoms with Crippen LogP contribution in [0.1, 0.15) is 13.3 Å². The molecular weight excluding hydrogens is 171 g/mol. The zero-order chi connectivity index (χ0) is 9.07. The van der Waals surface area contributed by atoms with Crippen LogP contribution < -0.4 is 0 Å². The average Bonchev–Trinajstić information content (AvgIpc) is 1.53. The van der Waals surface area contributed by atoms with E-state index in [2.05, 4.69) is 11.1 Å². The molecule has 0 fully saturated rings. The van der Waals surface area contributed by atoms with E-state index in [1.807, 2.05) is 0 Å². The summed E-state index contributed by atoms with van der Waals surface area (Å²) in [5, 5.41) is 0. The van der Waals surface area contributed by atoms with Crippen molar-refractivity contribution in [2.45, 2.75) is 13.3 Å². The topological polar surface area (TPSA) is 83.8 Å². The first-order chi connectivity index (χ1) is 4.81. The Morgan fingerprint density at radius 3 is 2.36 bits per heavy atom.